The molecule has 0 saturated heterocycles. The molecule has 9 heteroatoms. The Labute approximate surface area is 180 Å². The van der Waals surface area contributed by atoms with Crippen molar-refractivity contribution in [3.8, 4) is 5.75 Å². The van der Waals surface area contributed by atoms with Crippen molar-refractivity contribution >= 4 is 45.2 Å². The van der Waals surface area contributed by atoms with Gasteiger partial charge in [0.15, 0.2) is 12.4 Å². The number of ether oxygens (including phenoxy) is 2. The molecule has 0 spiro atoms. The number of carbonyl (C=O) groups excluding carboxylic acids is 2. The summed E-state index contributed by atoms with van der Waals surface area (Å²) in [6.07, 6.45) is -1.18. The Morgan fingerprint density at radius 1 is 1.21 bits per heavy atom. The van der Waals surface area contributed by atoms with Gasteiger partial charge in [-0.1, -0.05) is 47.1 Å². The lowest BCUT2D eigenvalue weighted by Crippen LogP contribution is -2.28. The Hall–Kier alpha value is -2.84. The van der Waals surface area contributed by atoms with Gasteiger partial charge < -0.3 is 19.3 Å². The fraction of sp³-hybridized carbons (Fsp3) is 0.150. The number of rotatable bonds is 7. The van der Waals surface area contributed by atoms with Crippen LogP contribution < -0.4 is 10.1 Å². The summed E-state index contributed by atoms with van der Waals surface area (Å²) in [5.41, 5.74) is 0.506. The summed E-state index contributed by atoms with van der Waals surface area (Å²) in [6.45, 7) is 1.31. The van der Waals surface area contributed by atoms with Gasteiger partial charge in [0.25, 0.3) is 5.91 Å². The van der Waals surface area contributed by atoms with E-state index in [4.69, 9.17) is 25.6 Å². The van der Waals surface area contributed by atoms with Gasteiger partial charge in [0.05, 0.1) is 4.47 Å². The van der Waals surface area contributed by atoms with Crippen LogP contribution in [0.25, 0.3) is 0 Å². The molecule has 1 atom stereocenters. The minimum atomic E-state index is -1.18. The van der Waals surface area contributed by atoms with Gasteiger partial charge in [0, 0.05) is 16.7 Å². The van der Waals surface area contributed by atoms with Gasteiger partial charge in [-0.05, 0) is 41.1 Å². The number of amides is 1. The normalized spacial score (nSPS) is 11.6. The molecule has 1 unspecified atom stereocenters. The number of hydrogen-bond acceptors (Lipinski definition) is 6. The smallest absolute Gasteiger partial charge is 0.345 e. The Balaban J connectivity index is 1.69. The molecule has 1 N–H and O–H groups in total. The quantitative estimate of drug-likeness (QED) is 0.494. The molecule has 0 aliphatic rings. The van der Waals surface area contributed by atoms with Crippen LogP contribution in [0.3, 0.4) is 0 Å². The molecule has 3 aromatic rings. The van der Waals surface area contributed by atoms with E-state index in [1.807, 2.05) is 0 Å². The fourth-order valence-corrected chi connectivity index (χ4v) is 3.21. The number of halogens is 2. The van der Waals surface area contributed by atoms with Crippen LogP contribution in [0.5, 0.6) is 5.75 Å². The van der Waals surface area contributed by atoms with Gasteiger partial charge in [-0.3, -0.25) is 4.79 Å². The maximum Gasteiger partial charge on any atom is 0.345 e. The van der Waals surface area contributed by atoms with Crippen LogP contribution >= 0.6 is 27.5 Å². The molecular weight excluding hydrogens is 464 g/mol. The van der Waals surface area contributed by atoms with E-state index in [1.165, 1.54) is 0 Å². The van der Waals surface area contributed by atoms with Crippen LogP contribution in [0.2, 0.25) is 5.02 Å². The second kappa shape index (κ2) is 9.58. The van der Waals surface area contributed by atoms with E-state index in [0.29, 0.717) is 26.6 Å². The van der Waals surface area contributed by atoms with E-state index in [2.05, 4.69) is 26.4 Å². The minimum absolute atomic E-state index is 0.228. The van der Waals surface area contributed by atoms with Gasteiger partial charge in [-0.2, -0.15) is 0 Å². The summed E-state index contributed by atoms with van der Waals surface area (Å²) < 4.78 is 16.4. The molecule has 1 amide bonds. The number of aryl methyl sites for hydroxylation is 1. The lowest BCUT2D eigenvalue weighted by Gasteiger charge is -2.17. The second-order valence-corrected chi connectivity index (χ2v) is 7.25. The predicted molar refractivity (Wildman–Crippen MR) is 110 cm³/mol. The lowest BCUT2D eigenvalue weighted by atomic mass is 10.1. The van der Waals surface area contributed by atoms with Gasteiger partial charge >= 0.3 is 5.97 Å². The lowest BCUT2D eigenvalue weighted by molar-refractivity contribution is -0.156. The minimum Gasteiger partial charge on any atom is -0.481 e. The summed E-state index contributed by atoms with van der Waals surface area (Å²) >= 11 is 9.19. The molecule has 29 heavy (non-hydrogen) atoms. The zero-order valence-corrected chi connectivity index (χ0v) is 17.6. The number of hydrogen-bond donors (Lipinski definition) is 1. The number of benzene rings is 2. The Morgan fingerprint density at radius 2 is 1.97 bits per heavy atom. The molecule has 0 saturated carbocycles. The summed E-state index contributed by atoms with van der Waals surface area (Å²) in [5, 5.41) is 6.81. The summed E-state index contributed by atoms with van der Waals surface area (Å²) in [5.74, 6) is -0.0934. The van der Waals surface area contributed by atoms with Crippen molar-refractivity contribution in [3.05, 3.63) is 75.4 Å². The Morgan fingerprint density at radius 3 is 2.62 bits per heavy atom. The van der Waals surface area contributed by atoms with E-state index >= 15 is 0 Å². The molecule has 7 nitrogen and oxygen atoms in total. The molecule has 1 aromatic heterocycles. The van der Waals surface area contributed by atoms with E-state index in [9.17, 15) is 9.59 Å². The highest BCUT2D eigenvalue weighted by atomic mass is 79.9. The molecule has 0 aliphatic carbocycles. The van der Waals surface area contributed by atoms with E-state index < -0.39 is 18.0 Å². The van der Waals surface area contributed by atoms with Crippen LogP contribution in [-0.4, -0.2) is 23.6 Å². The van der Waals surface area contributed by atoms with Crippen molar-refractivity contribution in [3.63, 3.8) is 0 Å². The van der Waals surface area contributed by atoms with Crippen molar-refractivity contribution in [2.45, 2.75) is 13.0 Å². The molecule has 0 bridgehead atoms. The van der Waals surface area contributed by atoms with Crippen molar-refractivity contribution in [1.29, 1.82) is 0 Å². The molecule has 1 heterocycles. The molecular formula is C20H16BrClN2O5. The molecule has 0 fully saturated rings. The van der Waals surface area contributed by atoms with Crippen LogP contribution in [0.4, 0.5) is 5.82 Å². The van der Waals surface area contributed by atoms with Crippen molar-refractivity contribution in [2.75, 3.05) is 11.9 Å². The van der Waals surface area contributed by atoms with Crippen LogP contribution in [0, 0.1) is 6.92 Å². The van der Waals surface area contributed by atoms with Crippen molar-refractivity contribution in [1.82, 2.24) is 5.16 Å². The number of anilines is 1. The number of carbonyl (C=O) groups is 2. The zero-order chi connectivity index (χ0) is 20.8. The molecule has 3 rings (SSSR count). The third-order valence-corrected chi connectivity index (χ3v) is 4.56. The van der Waals surface area contributed by atoms with E-state index in [0.717, 1.165) is 0 Å². The highest BCUT2D eigenvalue weighted by molar-refractivity contribution is 9.10. The first-order valence-electron chi connectivity index (χ1n) is 8.49. The predicted octanol–water partition coefficient (Wildman–Crippen LogP) is 4.70. The summed E-state index contributed by atoms with van der Waals surface area (Å²) in [7, 11) is 0. The number of aromatic nitrogens is 1. The zero-order valence-electron chi connectivity index (χ0n) is 15.2. The van der Waals surface area contributed by atoms with Gasteiger partial charge in [-0.25, -0.2) is 4.79 Å². The standard InChI is InChI=1S/C20H16BrClN2O5/c1-12-9-17(24-29-12)23-20(26)19(13-5-3-2-4-6-13)28-18(25)11-27-16-8-7-14(22)10-15(16)21/h2-10,19H,11H2,1H3,(H,23,24,26). The topological polar surface area (TPSA) is 90.7 Å². The monoisotopic (exact) mass is 478 g/mol. The summed E-state index contributed by atoms with van der Waals surface area (Å²) in [6, 6.07) is 15.1. The maximum atomic E-state index is 12.7. The van der Waals surface area contributed by atoms with Gasteiger partial charge in [-0.15, -0.1) is 0 Å². The third-order valence-electron chi connectivity index (χ3n) is 3.71. The number of nitrogens with zero attached hydrogens (tertiary/aromatic N) is 1. The average Bonchev–Trinajstić information content (AvgIpc) is 3.10. The van der Waals surface area contributed by atoms with E-state index in [-0.39, 0.29) is 12.4 Å². The molecule has 150 valence electrons. The van der Waals surface area contributed by atoms with Crippen molar-refractivity contribution < 1.29 is 23.6 Å². The first-order chi connectivity index (χ1) is 13.9. The second-order valence-electron chi connectivity index (χ2n) is 5.96. The SMILES string of the molecule is Cc1cc(NC(=O)C(OC(=O)COc2ccc(Cl)cc2Br)c2ccccc2)no1. The summed E-state index contributed by atoms with van der Waals surface area (Å²) in [4.78, 5) is 25.0. The molecule has 0 aliphatic heterocycles. The molecule has 0 radical (unpaired) electrons. The van der Waals surface area contributed by atoms with Crippen molar-refractivity contribution in [2.24, 2.45) is 0 Å². The average molecular weight is 480 g/mol. The molecule has 2 aromatic carbocycles. The first kappa shape index (κ1) is 20.9. The number of nitrogens with one attached hydrogen (secondary N) is 1. The largest absolute Gasteiger partial charge is 0.481 e. The first-order valence-corrected chi connectivity index (χ1v) is 9.66. The maximum absolute atomic E-state index is 12.7. The van der Waals surface area contributed by atoms with Crippen LogP contribution in [-0.2, 0) is 14.3 Å². The number of esters is 1. The Kier molecular flexibility index (Phi) is 6.90. The fourth-order valence-electron chi connectivity index (χ4n) is 2.41. The highest BCUT2D eigenvalue weighted by Gasteiger charge is 2.26. The van der Waals surface area contributed by atoms with Gasteiger partial charge in [0.1, 0.15) is 11.5 Å². The van der Waals surface area contributed by atoms with Crippen LogP contribution in [0.15, 0.2) is 63.6 Å². The highest BCUT2D eigenvalue weighted by Crippen LogP contribution is 2.28. The van der Waals surface area contributed by atoms with Crippen LogP contribution in [0.1, 0.15) is 17.4 Å². The van der Waals surface area contributed by atoms with Gasteiger partial charge in [0.2, 0.25) is 6.10 Å². The Bertz CT molecular complexity index is 1010. The van der Waals surface area contributed by atoms with E-state index in [1.54, 1.807) is 61.5 Å². The third kappa shape index (κ3) is 5.82.